The minimum Gasteiger partial charge on any atom is -0.485 e. The Morgan fingerprint density at radius 2 is 1.08 bits per heavy atom. The molecule has 2 saturated heterocycles. The Hall–Kier alpha value is -9.13. The van der Waals surface area contributed by atoms with Crippen molar-refractivity contribution in [2.75, 3.05) is 24.6 Å². The Labute approximate surface area is 540 Å². The fraction of sp³-hybridized carbons (Fsp3) is 0.448. The number of benzene rings is 2. The normalized spacial score (nSPS) is 20.5. The van der Waals surface area contributed by atoms with E-state index in [4.69, 9.17) is 50.7 Å². The molecule has 32 nitrogen and oxygen atoms in total. The van der Waals surface area contributed by atoms with Gasteiger partial charge in [-0.15, -0.1) is 40.6 Å². The average Bonchev–Trinajstić information content (AvgIpc) is 1.33. The van der Waals surface area contributed by atoms with Crippen molar-refractivity contribution >= 4 is 90.3 Å². The van der Waals surface area contributed by atoms with Crippen LogP contribution in [0.4, 0.5) is 10.3 Å². The van der Waals surface area contributed by atoms with E-state index in [0.29, 0.717) is 47.6 Å². The molecule has 8 heterocycles. The van der Waals surface area contributed by atoms with E-state index in [9.17, 15) is 47.4 Å². The number of carbonyl (C=O) groups excluding carboxylic acids is 4. The number of nitrogen functional groups attached to an aromatic ring is 2. The number of carboxylic acids is 2. The van der Waals surface area contributed by atoms with E-state index < -0.39 is 104 Å². The highest BCUT2D eigenvalue weighted by molar-refractivity contribution is 7.81. The maximum atomic E-state index is 14.2. The number of amides is 4. The molecular weight excluding hydrogens is 1270 g/mol. The maximum Gasteiger partial charge on any atom is 0.442 e. The fourth-order valence-corrected chi connectivity index (χ4v) is 13.1. The molecule has 10 rings (SSSR count). The number of nitrogens with zero attached hydrogens (tertiary/aromatic N) is 10. The van der Waals surface area contributed by atoms with Crippen molar-refractivity contribution in [2.24, 2.45) is 35.9 Å². The summed E-state index contributed by atoms with van der Waals surface area (Å²) < 4.78 is 57.9. The Kier molecular flexibility index (Phi) is 18.5. The van der Waals surface area contributed by atoms with Gasteiger partial charge in [-0.2, -0.15) is 27.9 Å². The van der Waals surface area contributed by atoms with Gasteiger partial charge < -0.3 is 62.9 Å². The van der Waals surface area contributed by atoms with E-state index in [2.05, 4.69) is 30.9 Å². The van der Waals surface area contributed by atoms with Gasteiger partial charge in [0.05, 0.1) is 47.7 Å². The monoisotopic (exact) mass is 1340 g/mol. The predicted octanol–water partition coefficient (Wildman–Crippen LogP) is 0.983. The van der Waals surface area contributed by atoms with Crippen LogP contribution in [0.3, 0.4) is 0 Å². The molecule has 4 aliphatic rings. The van der Waals surface area contributed by atoms with E-state index in [-0.39, 0.29) is 34.5 Å². The lowest BCUT2D eigenvalue weighted by Crippen LogP contribution is -2.78. The molecule has 0 spiro atoms. The summed E-state index contributed by atoms with van der Waals surface area (Å²) >= 11 is 1.84. The largest absolute Gasteiger partial charge is 0.485 e. The molecule has 0 unspecified atom stereocenters. The standard InChI is InChI=1S/C58H70N16O16S3/c1-55(2)45(65-47(75)43(37-29-91-53(61)63-37)67-87-57(5,51(79)80)41-17-13-33-23-31(11-15-39(33)85-41)35-25-69(7)71(27-35)21-9-19-59)49(77)73(55)89-93(83,84)90-74-50(78)46(56(74,3)4)66-48(76)44(38-30-92-54(62)64-38)68-88-58(6,52(81)82)42-18-14-34-24-32(12-16-40(34)86-42)36-26-70(8)72(28-36)22-10-20-60/h11-12,15-16,23-30,41-42,45-46H,9-10,13-14,17-22,59-60H2,1-8H3,(H6-2,61,62,63,64,65,66,75,76,79,80,81,82)/p+2/b67-43-,68-44-/t41-,42-,45-,46-,57-,58-/m1/s1. The molecule has 12 N–H and O–H groups in total. The molecule has 4 aromatic heterocycles. The lowest BCUT2D eigenvalue weighted by atomic mass is 9.84. The van der Waals surface area contributed by atoms with E-state index in [0.717, 1.165) is 82.0 Å². The molecule has 2 aromatic carbocycles. The van der Waals surface area contributed by atoms with Gasteiger partial charge in [-0.05, 0) is 140 Å². The third-order valence-corrected chi connectivity index (χ3v) is 18.8. The van der Waals surface area contributed by atoms with Gasteiger partial charge in [-0.1, -0.05) is 22.4 Å². The highest BCUT2D eigenvalue weighted by Crippen LogP contribution is 2.40. The van der Waals surface area contributed by atoms with Gasteiger partial charge in [0.1, 0.15) is 35.0 Å². The number of ether oxygens (including phenoxy) is 2. The first kappa shape index (κ1) is 66.8. The topological polar surface area (TPSA) is 435 Å². The van der Waals surface area contributed by atoms with E-state index in [1.807, 2.05) is 81.9 Å². The van der Waals surface area contributed by atoms with Crippen LogP contribution in [0.2, 0.25) is 0 Å². The second kappa shape index (κ2) is 25.8. The molecule has 0 saturated carbocycles. The van der Waals surface area contributed by atoms with Gasteiger partial charge in [0.25, 0.3) is 34.8 Å². The molecule has 6 atom stereocenters. The molecule has 93 heavy (non-hydrogen) atoms. The number of carbonyl (C=O) groups is 6. The third kappa shape index (κ3) is 13.2. The van der Waals surface area contributed by atoms with Gasteiger partial charge in [0.2, 0.25) is 12.4 Å². The van der Waals surface area contributed by atoms with Crippen molar-refractivity contribution in [3.05, 3.63) is 94.5 Å². The van der Waals surface area contributed by atoms with Gasteiger partial charge >= 0.3 is 22.3 Å². The van der Waals surface area contributed by atoms with Crippen LogP contribution in [0.5, 0.6) is 11.5 Å². The van der Waals surface area contributed by atoms with Crippen molar-refractivity contribution in [3.63, 3.8) is 0 Å². The van der Waals surface area contributed by atoms with Crippen molar-refractivity contribution in [1.29, 1.82) is 0 Å². The van der Waals surface area contributed by atoms with Crippen LogP contribution in [0.1, 0.15) is 89.7 Å². The lowest BCUT2D eigenvalue weighted by Gasteiger charge is -2.52. The zero-order valence-corrected chi connectivity index (χ0v) is 54.4. The molecule has 496 valence electrons. The fourth-order valence-electron chi connectivity index (χ4n) is 11.1. The summed E-state index contributed by atoms with van der Waals surface area (Å²) in [5, 5.41) is 37.6. The summed E-state index contributed by atoms with van der Waals surface area (Å²) in [6.45, 7) is 10.4. The Morgan fingerprint density at radius 1 is 0.688 bits per heavy atom. The number of β-lactam (4-membered cyclic amide) rings is 2. The van der Waals surface area contributed by atoms with Gasteiger partial charge in [0, 0.05) is 10.8 Å². The lowest BCUT2D eigenvalue weighted by molar-refractivity contribution is -0.753. The first-order valence-electron chi connectivity index (χ1n) is 29.4. The van der Waals surface area contributed by atoms with Crippen LogP contribution in [-0.2, 0) is 97.4 Å². The maximum absolute atomic E-state index is 14.2. The number of hydrogen-bond donors (Lipinski definition) is 8. The summed E-state index contributed by atoms with van der Waals surface area (Å²) in [4.78, 5) is 102. The number of hydrogen-bond acceptors (Lipinski definition) is 24. The summed E-state index contributed by atoms with van der Waals surface area (Å²) in [7, 11) is -1.52. The number of nitrogens with one attached hydrogen (secondary N) is 2. The zero-order valence-electron chi connectivity index (χ0n) is 51.9. The number of oxime groups is 2. The highest BCUT2D eigenvalue weighted by Gasteiger charge is 2.62. The summed E-state index contributed by atoms with van der Waals surface area (Å²) in [6.07, 6.45) is 8.45. The summed E-state index contributed by atoms with van der Waals surface area (Å²) in [5.74, 6) is -6.60. The number of hydroxylamine groups is 4. The zero-order chi connectivity index (χ0) is 67.3. The molecule has 0 bridgehead atoms. The minimum atomic E-state index is -5.38. The van der Waals surface area contributed by atoms with Crippen LogP contribution in [0.25, 0.3) is 22.3 Å². The van der Waals surface area contributed by atoms with Crippen LogP contribution in [0, 0.1) is 0 Å². The average molecular weight is 1350 g/mol. The molecule has 0 radical (unpaired) electrons. The van der Waals surface area contributed by atoms with Crippen LogP contribution in [0.15, 0.2) is 82.3 Å². The number of anilines is 2. The van der Waals surface area contributed by atoms with Gasteiger partial charge in [0.15, 0.2) is 48.0 Å². The number of rotatable bonds is 26. The molecule has 0 aliphatic carbocycles. The molecular formula is C58H72N16O16S3+2. The van der Waals surface area contributed by atoms with E-state index >= 15 is 0 Å². The second-order valence-corrected chi connectivity index (χ2v) is 27.0. The van der Waals surface area contributed by atoms with Crippen LogP contribution >= 0.6 is 22.7 Å². The molecule has 4 aliphatic heterocycles. The minimum absolute atomic E-state index is 0.00372. The molecule has 35 heteroatoms. The van der Waals surface area contributed by atoms with Crippen molar-refractivity contribution < 1.29 is 84.5 Å². The van der Waals surface area contributed by atoms with Gasteiger partial charge in [-0.3, -0.25) is 19.2 Å². The summed E-state index contributed by atoms with van der Waals surface area (Å²) in [6, 6.07) is 8.05. The number of fused-ring (bicyclic) bond motifs is 2. The Bertz CT molecular complexity index is 3870. The Morgan fingerprint density at radius 3 is 1.41 bits per heavy atom. The molecule has 4 amide bonds. The second-order valence-electron chi connectivity index (χ2n) is 24.1. The van der Waals surface area contributed by atoms with Crippen LogP contribution in [-0.4, -0.2) is 155 Å². The van der Waals surface area contributed by atoms with Crippen molar-refractivity contribution in [1.82, 2.24) is 40.1 Å². The number of aromatic nitrogens is 6. The van der Waals surface area contributed by atoms with E-state index in [1.165, 1.54) is 52.3 Å². The smallest absolute Gasteiger partial charge is 0.442 e. The van der Waals surface area contributed by atoms with Crippen LogP contribution < -0.4 is 52.4 Å². The summed E-state index contributed by atoms with van der Waals surface area (Å²) in [5.41, 5.74) is 19.4. The SMILES string of the molecule is C[n+]1cc(-c2ccc3c(c2)CC[C@H]([C@@](C)(O/N=C(\C(=O)N[C@@H]2C(=O)N(OS(=O)(=O)ON4C(=O)[C@@H](NC(=O)/C(=N\O[C@@](C)(C(=O)O)[C@H]5CCc6cc(-c7cn(CCCN)[n+](C)c7)ccc6O5)c5csc(N)n5)C4(C)C)C2(C)C)c2csc(N)n2)C(=O)O)O3)cn1CCCN. The quantitative estimate of drug-likeness (QED) is 0.0162. The van der Waals surface area contributed by atoms with Crippen molar-refractivity contribution in [3.8, 4) is 33.8 Å². The van der Waals surface area contributed by atoms with E-state index in [1.54, 1.807) is 12.1 Å². The first-order valence-corrected chi connectivity index (χ1v) is 32.5. The number of carboxylic acid groups (broad SMARTS) is 2. The molecule has 6 aromatic rings. The number of aryl methyl sites for hydroxylation is 6. The third-order valence-electron chi connectivity index (χ3n) is 16.8. The first-order chi connectivity index (χ1) is 43.9. The number of aliphatic carboxylic acids is 2. The van der Waals surface area contributed by atoms with Crippen molar-refractivity contribution in [2.45, 2.75) is 140 Å². The molecule has 2 fully saturated rings. The predicted molar refractivity (Wildman–Crippen MR) is 332 cm³/mol. The highest BCUT2D eigenvalue weighted by atomic mass is 32.3. The Balaban J connectivity index is 0.773. The number of nitrogens with two attached hydrogens (primary N) is 4. The number of thiazole rings is 2. The van der Waals surface area contributed by atoms with Gasteiger partial charge in [-0.25, -0.2) is 19.6 Å².